The van der Waals surface area contributed by atoms with E-state index in [0.29, 0.717) is 0 Å². The molecule has 0 spiro atoms. The molecule has 0 amide bonds. The maximum absolute atomic E-state index is 10.2. The molecule has 9 heavy (non-hydrogen) atoms. The molecule has 0 saturated heterocycles. The van der Waals surface area contributed by atoms with Crippen molar-refractivity contribution >= 4 is 11.1 Å². The molecule has 0 aromatic carbocycles. The summed E-state index contributed by atoms with van der Waals surface area (Å²) >= 11 is -2.12. The lowest BCUT2D eigenvalue weighted by Crippen LogP contribution is -1.86. The highest BCUT2D eigenvalue weighted by Gasteiger charge is 1.85. The van der Waals surface area contributed by atoms with Gasteiger partial charge in [-0.05, 0) is 23.2 Å². The molecule has 0 aliphatic heterocycles. The summed E-state index contributed by atoms with van der Waals surface area (Å²) < 4.78 is 20.3. The quantitative estimate of drug-likeness (QED) is 0.530. The molecular weight excluding hydrogens is 138 g/mol. The molecule has 1 aromatic heterocycles. The Bertz CT molecular complexity index is 211. The van der Waals surface area contributed by atoms with Crippen molar-refractivity contribution in [3.8, 4) is 0 Å². The van der Waals surface area contributed by atoms with Crippen LogP contribution in [0, 0.1) is 0 Å². The molecule has 4 heteroatoms. The molecule has 1 atom stereocenters. The van der Waals surface area contributed by atoms with E-state index in [1.54, 1.807) is 0 Å². The highest BCUT2D eigenvalue weighted by atomic mass is 32.2. The fourth-order valence-electron chi connectivity index (χ4n) is 0.449. The van der Waals surface area contributed by atoms with Crippen molar-refractivity contribution in [1.82, 2.24) is 4.98 Å². The smallest absolute Gasteiger partial charge is 0.0279 e. The Morgan fingerprint density at radius 3 is 2.33 bits per heavy atom. The summed E-state index contributed by atoms with van der Waals surface area (Å²) in [5.74, 6) is 0. The first-order chi connectivity index (χ1) is 4.30. The topological polar surface area (TPSA) is 53.0 Å². The van der Waals surface area contributed by atoms with Crippen LogP contribution < -0.4 is 0 Å². The molecule has 1 unspecified atom stereocenters. The minimum Gasteiger partial charge on any atom is -0.768 e. The van der Waals surface area contributed by atoms with Gasteiger partial charge in [-0.2, -0.15) is 0 Å². The molecule has 1 aromatic rings. The van der Waals surface area contributed by atoms with Gasteiger partial charge in [0.1, 0.15) is 0 Å². The van der Waals surface area contributed by atoms with Crippen LogP contribution in [0.1, 0.15) is 0 Å². The van der Waals surface area contributed by atoms with Gasteiger partial charge in [0, 0.05) is 17.3 Å². The van der Waals surface area contributed by atoms with Gasteiger partial charge in [0.15, 0.2) is 0 Å². The fraction of sp³-hybridized carbons (Fsp3) is 0. The highest BCUT2D eigenvalue weighted by molar-refractivity contribution is 7.79. The van der Waals surface area contributed by atoms with E-state index in [1.807, 2.05) is 0 Å². The summed E-state index contributed by atoms with van der Waals surface area (Å²) in [6.07, 6.45) is 2.87. The van der Waals surface area contributed by atoms with Crippen LogP contribution in [0.2, 0.25) is 0 Å². The molecule has 0 aliphatic carbocycles. The lowest BCUT2D eigenvalue weighted by atomic mass is 10.5. The molecule has 3 nitrogen and oxygen atoms in total. The van der Waals surface area contributed by atoms with Crippen LogP contribution in [0.5, 0.6) is 0 Å². The van der Waals surface area contributed by atoms with E-state index in [-0.39, 0.29) is 4.90 Å². The maximum Gasteiger partial charge on any atom is 0.0279 e. The standard InChI is InChI=1S/C5H5NO2S/c7-9(8)5-1-3-6-4-2-5/h1-4H,(H,7,8)/p-1. The summed E-state index contributed by atoms with van der Waals surface area (Å²) in [5, 5.41) is 0. The first-order valence-corrected chi connectivity index (χ1v) is 3.37. The van der Waals surface area contributed by atoms with Gasteiger partial charge < -0.3 is 4.55 Å². The largest absolute Gasteiger partial charge is 0.768 e. The molecule has 0 saturated carbocycles. The van der Waals surface area contributed by atoms with E-state index < -0.39 is 11.1 Å². The van der Waals surface area contributed by atoms with E-state index >= 15 is 0 Å². The Hall–Kier alpha value is -0.740. The van der Waals surface area contributed by atoms with E-state index in [9.17, 15) is 8.76 Å². The number of hydrogen-bond acceptors (Lipinski definition) is 3. The highest BCUT2D eigenvalue weighted by Crippen LogP contribution is 1.98. The van der Waals surface area contributed by atoms with Crippen molar-refractivity contribution in [3.05, 3.63) is 24.5 Å². The van der Waals surface area contributed by atoms with Gasteiger partial charge in [0.05, 0.1) is 0 Å². The second-order valence-electron chi connectivity index (χ2n) is 1.42. The third kappa shape index (κ3) is 1.58. The molecule has 0 bridgehead atoms. The van der Waals surface area contributed by atoms with Crippen LogP contribution >= 0.6 is 0 Å². The SMILES string of the molecule is O=S([O-])c1ccncc1. The van der Waals surface area contributed by atoms with Crippen molar-refractivity contribution in [2.75, 3.05) is 0 Å². The number of hydrogen-bond donors (Lipinski definition) is 0. The molecular formula is C5H4NO2S-. The molecule has 1 heterocycles. The van der Waals surface area contributed by atoms with E-state index in [0.717, 1.165) is 0 Å². The number of aromatic nitrogens is 1. The first kappa shape index (κ1) is 6.38. The predicted molar refractivity (Wildman–Crippen MR) is 31.4 cm³/mol. The summed E-state index contributed by atoms with van der Waals surface area (Å²) in [5.41, 5.74) is 0. The van der Waals surface area contributed by atoms with Crippen molar-refractivity contribution < 1.29 is 8.76 Å². The third-order valence-electron chi connectivity index (χ3n) is 0.842. The van der Waals surface area contributed by atoms with Gasteiger partial charge in [-0.15, -0.1) is 0 Å². The summed E-state index contributed by atoms with van der Waals surface area (Å²) in [7, 11) is 0. The van der Waals surface area contributed by atoms with Crippen LogP contribution in [0.25, 0.3) is 0 Å². The zero-order valence-electron chi connectivity index (χ0n) is 4.48. The minimum absolute atomic E-state index is 0.269. The first-order valence-electron chi connectivity index (χ1n) is 2.30. The van der Waals surface area contributed by atoms with Gasteiger partial charge >= 0.3 is 0 Å². The van der Waals surface area contributed by atoms with Crippen LogP contribution in [-0.4, -0.2) is 13.7 Å². The second-order valence-corrected chi connectivity index (χ2v) is 2.36. The van der Waals surface area contributed by atoms with Gasteiger partial charge in [-0.1, -0.05) is 0 Å². The van der Waals surface area contributed by atoms with Crippen molar-refractivity contribution in [2.45, 2.75) is 4.90 Å². The van der Waals surface area contributed by atoms with Crippen LogP contribution in [-0.2, 0) is 11.1 Å². The lowest BCUT2D eigenvalue weighted by molar-refractivity contribution is 0.537. The number of rotatable bonds is 1. The summed E-state index contributed by atoms with van der Waals surface area (Å²) in [4.78, 5) is 3.92. The molecule has 48 valence electrons. The summed E-state index contributed by atoms with van der Waals surface area (Å²) in [6, 6.07) is 2.87. The van der Waals surface area contributed by atoms with E-state index in [1.165, 1.54) is 24.5 Å². The van der Waals surface area contributed by atoms with Gasteiger partial charge in [-0.25, -0.2) is 0 Å². The Balaban J connectivity index is 2.98. The third-order valence-corrected chi connectivity index (χ3v) is 1.50. The van der Waals surface area contributed by atoms with Crippen molar-refractivity contribution in [2.24, 2.45) is 0 Å². The van der Waals surface area contributed by atoms with E-state index in [2.05, 4.69) is 4.98 Å². The van der Waals surface area contributed by atoms with Crippen LogP contribution in [0.15, 0.2) is 29.4 Å². The molecule has 0 radical (unpaired) electrons. The summed E-state index contributed by atoms with van der Waals surface area (Å²) in [6.45, 7) is 0. The van der Waals surface area contributed by atoms with Gasteiger partial charge in [0.25, 0.3) is 0 Å². The molecule has 0 aliphatic rings. The van der Waals surface area contributed by atoms with Gasteiger partial charge in [-0.3, -0.25) is 9.19 Å². The fourth-order valence-corrected chi connectivity index (χ4v) is 0.793. The number of nitrogens with zero attached hydrogens (tertiary/aromatic N) is 1. The maximum atomic E-state index is 10.2. The van der Waals surface area contributed by atoms with E-state index in [4.69, 9.17) is 0 Å². The van der Waals surface area contributed by atoms with Crippen LogP contribution in [0.3, 0.4) is 0 Å². The second kappa shape index (κ2) is 2.70. The Labute approximate surface area is 55.0 Å². The zero-order valence-corrected chi connectivity index (χ0v) is 5.30. The average molecular weight is 142 g/mol. The van der Waals surface area contributed by atoms with Crippen molar-refractivity contribution in [1.29, 1.82) is 0 Å². The Morgan fingerprint density at radius 1 is 1.44 bits per heavy atom. The minimum atomic E-state index is -2.12. The monoisotopic (exact) mass is 142 g/mol. The molecule has 1 rings (SSSR count). The molecule has 0 N–H and O–H groups in total. The van der Waals surface area contributed by atoms with Gasteiger partial charge in [0.2, 0.25) is 0 Å². The normalized spacial score (nSPS) is 13.0. The number of pyridine rings is 1. The molecule has 0 fully saturated rings. The predicted octanol–water partition coefficient (Wildman–Crippen LogP) is 0.320. The average Bonchev–Trinajstić information content (AvgIpc) is 1.90. The Kier molecular flexibility index (Phi) is 1.92. The van der Waals surface area contributed by atoms with Crippen molar-refractivity contribution in [3.63, 3.8) is 0 Å². The lowest BCUT2D eigenvalue weighted by Gasteiger charge is -2.01. The van der Waals surface area contributed by atoms with Crippen LogP contribution in [0.4, 0.5) is 0 Å². The Morgan fingerprint density at radius 2 is 2.00 bits per heavy atom. The zero-order chi connectivity index (χ0) is 6.69.